The summed E-state index contributed by atoms with van der Waals surface area (Å²) in [5, 5.41) is 10.1. The second kappa shape index (κ2) is 6.39. The number of alkyl halides is 3. The second-order valence-electron chi connectivity index (χ2n) is 6.14. The molecule has 28 heavy (non-hydrogen) atoms. The van der Waals surface area contributed by atoms with Crippen LogP contribution in [0.25, 0.3) is 10.1 Å². The number of fused-ring (bicyclic) bond motifs is 3. The van der Waals surface area contributed by atoms with Crippen LogP contribution in [0.4, 0.5) is 13.2 Å². The third kappa shape index (κ3) is 2.72. The summed E-state index contributed by atoms with van der Waals surface area (Å²) in [7, 11) is 0. The van der Waals surface area contributed by atoms with Crippen molar-refractivity contribution in [1.29, 1.82) is 5.26 Å². The van der Waals surface area contributed by atoms with Gasteiger partial charge in [0.05, 0.1) is 17.0 Å². The zero-order valence-corrected chi connectivity index (χ0v) is 14.9. The summed E-state index contributed by atoms with van der Waals surface area (Å²) < 4.78 is 46.6. The molecule has 3 aromatic rings. The van der Waals surface area contributed by atoms with E-state index < -0.39 is 22.4 Å². The third-order valence-electron chi connectivity index (χ3n) is 4.55. The maximum absolute atomic E-state index is 13.6. The first kappa shape index (κ1) is 18.1. The Morgan fingerprint density at radius 2 is 1.79 bits per heavy atom. The Hall–Kier alpha value is -3.31. The van der Waals surface area contributed by atoms with E-state index in [2.05, 4.69) is 0 Å². The van der Waals surface area contributed by atoms with E-state index in [1.807, 2.05) is 6.07 Å². The number of halogens is 3. The van der Waals surface area contributed by atoms with Crippen molar-refractivity contribution in [2.45, 2.75) is 12.1 Å². The molecule has 0 aliphatic carbocycles. The third-order valence-corrected chi connectivity index (χ3v) is 5.53. The smallest absolute Gasteiger partial charge is 0.416 e. The summed E-state index contributed by atoms with van der Waals surface area (Å²) in [4.78, 5) is 12.9. The molecule has 2 N–H and O–H groups in total. The van der Waals surface area contributed by atoms with Crippen LogP contribution in [-0.2, 0) is 6.18 Å². The van der Waals surface area contributed by atoms with Gasteiger partial charge in [0.1, 0.15) is 17.4 Å². The van der Waals surface area contributed by atoms with Crippen molar-refractivity contribution in [3.05, 3.63) is 86.2 Å². The van der Waals surface area contributed by atoms with Crippen LogP contribution >= 0.6 is 11.3 Å². The predicted octanol–water partition coefficient (Wildman–Crippen LogP) is 4.50. The van der Waals surface area contributed by atoms with Gasteiger partial charge in [0.15, 0.2) is 0 Å². The van der Waals surface area contributed by atoms with Gasteiger partial charge in [-0.25, -0.2) is 0 Å². The van der Waals surface area contributed by atoms with Crippen LogP contribution in [0.1, 0.15) is 22.6 Å². The van der Waals surface area contributed by atoms with E-state index in [-0.39, 0.29) is 28.3 Å². The molecule has 0 fully saturated rings. The summed E-state index contributed by atoms with van der Waals surface area (Å²) >= 11 is 0.892. The fourth-order valence-electron chi connectivity index (χ4n) is 3.38. The molecule has 2 aromatic carbocycles. The van der Waals surface area contributed by atoms with E-state index in [0.717, 1.165) is 17.4 Å². The fraction of sp³-hybridized carbons (Fsp3) is 0.100. The molecule has 4 rings (SSSR count). The number of hydrogen-bond acceptors (Lipinski definition) is 5. The molecule has 0 amide bonds. The number of allylic oxidation sites excluding steroid dienone is 1. The minimum absolute atomic E-state index is 0.00819. The van der Waals surface area contributed by atoms with E-state index in [4.69, 9.17) is 10.5 Å². The van der Waals surface area contributed by atoms with Gasteiger partial charge in [-0.3, -0.25) is 4.79 Å². The van der Waals surface area contributed by atoms with Gasteiger partial charge >= 0.3 is 6.18 Å². The number of nitrogens with two attached hydrogens (primary N) is 1. The molecule has 4 nitrogen and oxygen atoms in total. The SMILES string of the molecule is N#CC1=C(N)Oc2c(c(=O)sc3ccccc23)C1c1ccccc1C(F)(F)F. The van der Waals surface area contributed by atoms with Crippen LogP contribution in [0.15, 0.2) is 64.8 Å². The van der Waals surface area contributed by atoms with Crippen LogP contribution in [0.5, 0.6) is 5.75 Å². The fourth-order valence-corrected chi connectivity index (χ4v) is 4.32. The zero-order valence-electron chi connectivity index (χ0n) is 14.1. The maximum Gasteiger partial charge on any atom is 0.416 e. The molecule has 1 aromatic heterocycles. The highest BCUT2D eigenvalue weighted by molar-refractivity contribution is 7.16. The van der Waals surface area contributed by atoms with Crippen LogP contribution in [0, 0.1) is 11.3 Å². The molecule has 8 heteroatoms. The minimum Gasteiger partial charge on any atom is -0.439 e. The lowest BCUT2D eigenvalue weighted by atomic mass is 9.82. The monoisotopic (exact) mass is 400 g/mol. The van der Waals surface area contributed by atoms with Crippen molar-refractivity contribution < 1.29 is 17.9 Å². The Labute approximate surface area is 160 Å². The van der Waals surface area contributed by atoms with Crippen LogP contribution in [-0.4, -0.2) is 0 Å². The molecule has 1 aliphatic heterocycles. The minimum atomic E-state index is -4.66. The second-order valence-corrected chi connectivity index (χ2v) is 7.15. The van der Waals surface area contributed by atoms with Crippen LogP contribution in [0.2, 0.25) is 0 Å². The number of rotatable bonds is 1. The van der Waals surface area contributed by atoms with Crippen LogP contribution in [0.3, 0.4) is 0 Å². The molecule has 1 aliphatic rings. The molecular formula is C20H11F3N2O2S. The van der Waals surface area contributed by atoms with Crippen molar-refractivity contribution in [3.63, 3.8) is 0 Å². The van der Waals surface area contributed by atoms with E-state index in [1.54, 1.807) is 24.3 Å². The Bertz CT molecular complexity index is 1240. The lowest BCUT2D eigenvalue weighted by molar-refractivity contribution is -0.138. The topological polar surface area (TPSA) is 76.1 Å². The van der Waals surface area contributed by atoms with E-state index in [0.29, 0.717) is 10.1 Å². The number of hydrogen-bond donors (Lipinski definition) is 1. The zero-order chi connectivity index (χ0) is 20.1. The van der Waals surface area contributed by atoms with Gasteiger partial charge in [-0.05, 0) is 23.8 Å². The molecule has 1 atom stereocenters. The van der Waals surface area contributed by atoms with Gasteiger partial charge in [-0.2, -0.15) is 18.4 Å². The molecule has 2 heterocycles. The first-order chi connectivity index (χ1) is 13.3. The molecule has 140 valence electrons. The molecule has 1 unspecified atom stereocenters. The Balaban J connectivity index is 2.12. The number of ether oxygens (including phenoxy) is 1. The average Bonchev–Trinajstić information content (AvgIpc) is 2.66. The summed E-state index contributed by atoms with van der Waals surface area (Å²) in [5.74, 6) is -1.48. The largest absolute Gasteiger partial charge is 0.439 e. The van der Waals surface area contributed by atoms with Crippen molar-refractivity contribution in [2.24, 2.45) is 5.73 Å². The molecular weight excluding hydrogens is 389 g/mol. The lowest BCUT2D eigenvalue weighted by Gasteiger charge is -2.28. The normalized spacial score (nSPS) is 16.4. The quantitative estimate of drug-likeness (QED) is 0.653. The number of benzene rings is 2. The van der Waals surface area contributed by atoms with E-state index in [1.165, 1.54) is 18.2 Å². The van der Waals surface area contributed by atoms with Gasteiger partial charge in [0, 0.05) is 10.1 Å². The molecule has 0 saturated carbocycles. The molecule has 0 saturated heterocycles. The summed E-state index contributed by atoms with van der Waals surface area (Å²) in [6.45, 7) is 0. The predicted molar refractivity (Wildman–Crippen MR) is 98.8 cm³/mol. The molecule has 0 spiro atoms. The first-order valence-corrected chi connectivity index (χ1v) is 8.94. The highest BCUT2D eigenvalue weighted by Gasteiger charge is 2.41. The van der Waals surface area contributed by atoms with Gasteiger partial charge in [-0.15, -0.1) is 0 Å². The van der Waals surface area contributed by atoms with Crippen molar-refractivity contribution in [3.8, 4) is 11.8 Å². The van der Waals surface area contributed by atoms with Crippen LogP contribution < -0.4 is 15.2 Å². The maximum atomic E-state index is 13.6. The van der Waals surface area contributed by atoms with E-state index in [9.17, 15) is 23.2 Å². The summed E-state index contributed by atoms with van der Waals surface area (Å²) in [5.41, 5.74) is 4.53. The molecule has 0 bridgehead atoms. The highest BCUT2D eigenvalue weighted by atomic mass is 32.1. The average molecular weight is 400 g/mol. The van der Waals surface area contributed by atoms with Gasteiger partial charge in [-0.1, -0.05) is 41.7 Å². The van der Waals surface area contributed by atoms with Gasteiger partial charge < -0.3 is 10.5 Å². The molecule has 0 radical (unpaired) electrons. The van der Waals surface area contributed by atoms with Crippen molar-refractivity contribution >= 4 is 21.4 Å². The first-order valence-electron chi connectivity index (χ1n) is 8.12. The van der Waals surface area contributed by atoms with E-state index >= 15 is 0 Å². The van der Waals surface area contributed by atoms with Gasteiger partial charge in [0.25, 0.3) is 0 Å². The van der Waals surface area contributed by atoms with Crippen molar-refractivity contribution in [1.82, 2.24) is 0 Å². The lowest BCUT2D eigenvalue weighted by Crippen LogP contribution is -2.27. The number of nitrogens with zero attached hydrogens (tertiary/aromatic N) is 1. The van der Waals surface area contributed by atoms with Crippen molar-refractivity contribution in [2.75, 3.05) is 0 Å². The Kier molecular flexibility index (Phi) is 4.12. The number of nitriles is 1. The Morgan fingerprint density at radius 3 is 2.50 bits per heavy atom. The summed E-state index contributed by atoms with van der Waals surface area (Å²) in [6, 6.07) is 13.6. The standard InChI is InChI=1S/C20H11F3N2O2S/c21-20(22,23)13-7-3-1-5-10(13)15-12(9-24)18(25)27-17-11-6-2-4-8-14(11)28-19(26)16(15)17/h1-8,15H,25H2. The highest BCUT2D eigenvalue weighted by Crippen LogP contribution is 2.47. The Morgan fingerprint density at radius 1 is 1.11 bits per heavy atom. The van der Waals surface area contributed by atoms with Gasteiger partial charge in [0.2, 0.25) is 10.6 Å². The summed E-state index contributed by atoms with van der Waals surface area (Å²) in [6.07, 6.45) is -4.66.